The Morgan fingerprint density at radius 1 is 0.761 bits per heavy atom. The highest BCUT2D eigenvalue weighted by atomic mass is 16.2. The fourth-order valence-electron chi connectivity index (χ4n) is 8.61. The molecule has 46 heavy (non-hydrogen) atoms. The third kappa shape index (κ3) is 4.74. The Balaban J connectivity index is 0.819. The minimum Gasteiger partial charge on any atom is -0.372 e. The Labute approximate surface area is 268 Å². The van der Waals surface area contributed by atoms with E-state index in [1.165, 1.54) is 71.9 Å². The van der Waals surface area contributed by atoms with Gasteiger partial charge in [0, 0.05) is 87.8 Å². The van der Waals surface area contributed by atoms with E-state index in [9.17, 15) is 9.59 Å². The number of H-pyrrole nitrogens is 1. The molecule has 0 unspecified atom stereocenters. The largest absolute Gasteiger partial charge is 0.372 e. The molecule has 2 N–H and O–H groups in total. The van der Waals surface area contributed by atoms with Gasteiger partial charge in [-0.3, -0.25) is 19.9 Å². The third-order valence-electron chi connectivity index (χ3n) is 11.1. The second-order valence-electron chi connectivity index (χ2n) is 13.7. The molecule has 0 spiro atoms. The van der Waals surface area contributed by atoms with E-state index in [2.05, 4.69) is 59.1 Å². The van der Waals surface area contributed by atoms with Crippen LogP contribution >= 0.6 is 0 Å². The van der Waals surface area contributed by atoms with Crippen molar-refractivity contribution in [1.29, 1.82) is 0 Å². The van der Waals surface area contributed by atoms with Crippen molar-refractivity contribution >= 4 is 56.8 Å². The molecule has 4 saturated heterocycles. The Morgan fingerprint density at radius 2 is 1.54 bits per heavy atom. The molecular weight excluding hydrogens is 578 g/mol. The standard InChI is InChI=1S/C35H41N9O2/c45-30-10-14-43(35(46)39-30)25-6-4-24(5-7-25)41-12-8-23(9-13-41)21-40-15-17-42(18-16-40)26-19-27-29-3-1-2-11-44(29)34-32-31(27)28(20-26)38-33(32)36-22-37-34/h4-7,19-20,22-23,29H,1-3,8-18,21H2,(H,36,37,38)(H,39,45,46)/t29-/m1/s1. The number of carbonyl (C=O) groups is 2. The van der Waals surface area contributed by atoms with Crippen molar-refractivity contribution in [1.82, 2.24) is 25.2 Å². The van der Waals surface area contributed by atoms with Crippen LogP contribution in [0.4, 0.5) is 27.7 Å². The topological polar surface area (TPSA) is 104 Å². The summed E-state index contributed by atoms with van der Waals surface area (Å²) in [7, 11) is 0. The molecule has 2 aromatic heterocycles. The zero-order valence-electron chi connectivity index (χ0n) is 26.2. The quantitative estimate of drug-likeness (QED) is 0.333. The van der Waals surface area contributed by atoms with Gasteiger partial charge in [0.2, 0.25) is 5.91 Å². The smallest absolute Gasteiger partial charge is 0.328 e. The van der Waals surface area contributed by atoms with Gasteiger partial charge in [0.25, 0.3) is 0 Å². The highest BCUT2D eigenvalue weighted by Gasteiger charge is 2.35. The number of rotatable bonds is 5. The van der Waals surface area contributed by atoms with Crippen molar-refractivity contribution in [3.63, 3.8) is 0 Å². The van der Waals surface area contributed by atoms with Gasteiger partial charge in [0.15, 0.2) is 0 Å². The van der Waals surface area contributed by atoms with Gasteiger partial charge >= 0.3 is 6.03 Å². The molecule has 0 saturated carbocycles. The molecule has 238 valence electrons. The lowest BCUT2D eigenvalue weighted by molar-refractivity contribution is -0.120. The molecule has 4 aromatic rings. The molecule has 7 heterocycles. The van der Waals surface area contributed by atoms with Gasteiger partial charge in [-0.05, 0) is 80.0 Å². The van der Waals surface area contributed by atoms with E-state index >= 15 is 0 Å². The summed E-state index contributed by atoms with van der Waals surface area (Å²) in [6.07, 6.45) is 8.14. The van der Waals surface area contributed by atoms with Crippen LogP contribution in [-0.4, -0.2) is 90.7 Å². The number of hydrogen-bond donors (Lipinski definition) is 2. The average Bonchev–Trinajstić information content (AvgIpc) is 3.48. The number of fused-ring (bicyclic) bond motifs is 3. The Hall–Kier alpha value is -4.38. The molecule has 5 aliphatic rings. The molecule has 3 amide bonds. The van der Waals surface area contributed by atoms with Crippen LogP contribution in [0.1, 0.15) is 50.1 Å². The van der Waals surface area contributed by atoms with Crippen molar-refractivity contribution in [3.8, 4) is 0 Å². The van der Waals surface area contributed by atoms with E-state index < -0.39 is 0 Å². The van der Waals surface area contributed by atoms with Crippen molar-refractivity contribution < 1.29 is 9.59 Å². The SMILES string of the molecule is O=C1CCN(c2ccc(N3CCC(CN4CCN(c5cc6c7c(c5)[nH]c5ncnc(c57)N5CCCC[C@H]65)CC4)CC3)cc2)C(=O)N1. The number of benzene rings is 2. The molecule has 11 heteroatoms. The number of amides is 3. The number of carbonyl (C=O) groups excluding carboxylic acids is 2. The number of piperidine rings is 2. The van der Waals surface area contributed by atoms with Gasteiger partial charge in [-0.1, -0.05) is 0 Å². The fourth-order valence-corrected chi connectivity index (χ4v) is 8.61. The predicted octanol–water partition coefficient (Wildman–Crippen LogP) is 4.64. The first-order chi connectivity index (χ1) is 22.6. The first-order valence-electron chi connectivity index (χ1n) is 17.1. The summed E-state index contributed by atoms with van der Waals surface area (Å²) in [5, 5.41) is 4.95. The van der Waals surface area contributed by atoms with Crippen LogP contribution in [0, 0.1) is 5.92 Å². The third-order valence-corrected chi connectivity index (χ3v) is 11.1. The number of urea groups is 1. The summed E-state index contributed by atoms with van der Waals surface area (Å²) in [4.78, 5) is 48.6. The zero-order valence-corrected chi connectivity index (χ0v) is 26.2. The van der Waals surface area contributed by atoms with Gasteiger partial charge in [-0.25, -0.2) is 14.8 Å². The number of anilines is 4. The van der Waals surface area contributed by atoms with Crippen LogP contribution in [0.3, 0.4) is 0 Å². The molecule has 0 radical (unpaired) electrons. The molecule has 1 atom stereocenters. The molecule has 4 fully saturated rings. The fraction of sp³-hybridized carbons (Fsp3) is 0.486. The summed E-state index contributed by atoms with van der Waals surface area (Å²) < 4.78 is 0. The molecule has 2 aromatic carbocycles. The number of nitrogens with one attached hydrogen (secondary N) is 2. The van der Waals surface area contributed by atoms with Crippen LogP contribution in [-0.2, 0) is 4.79 Å². The molecule has 5 aliphatic heterocycles. The molecular formula is C35H41N9O2. The summed E-state index contributed by atoms with van der Waals surface area (Å²) >= 11 is 0. The first kappa shape index (κ1) is 27.9. The first-order valence-corrected chi connectivity index (χ1v) is 17.1. The van der Waals surface area contributed by atoms with Gasteiger partial charge in [0.1, 0.15) is 17.8 Å². The van der Waals surface area contributed by atoms with Crippen LogP contribution in [0.5, 0.6) is 0 Å². The summed E-state index contributed by atoms with van der Waals surface area (Å²) in [6, 6.07) is 13.1. The average molecular weight is 620 g/mol. The van der Waals surface area contributed by atoms with Gasteiger partial charge in [0.05, 0.1) is 16.9 Å². The number of hydrogen-bond acceptors (Lipinski definition) is 8. The van der Waals surface area contributed by atoms with E-state index in [0.717, 1.165) is 68.9 Å². The maximum Gasteiger partial charge on any atom is 0.328 e. The zero-order chi connectivity index (χ0) is 30.8. The maximum atomic E-state index is 12.2. The highest BCUT2D eigenvalue weighted by Crippen LogP contribution is 2.48. The van der Waals surface area contributed by atoms with Gasteiger partial charge in [-0.2, -0.15) is 0 Å². The predicted molar refractivity (Wildman–Crippen MR) is 181 cm³/mol. The number of imide groups is 1. The monoisotopic (exact) mass is 619 g/mol. The molecule has 9 rings (SSSR count). The second kappa shape index (κ2) is 11.2. The van der Waals surface area contributed by atoms with E-state index in [1.807, 2.05) is 12.1 Å². The van der Waals surface area contributed by atoms with Gasteiger partial charge < -0.3 is 19.7 Å². The molecule has 0 aliphatic carbocycles. The van der Waals surface area contributed by atoms with Crippen LogP contribution in [0.2, 0.25) is 0 Å². The highest BCUT2D eigenvalue weighted by molar-refractivity contribution is 6.15. The number of aromatic amines is 1. The van der Waals surface area contributed by atoms with E-state index in [-0.39, 0.29) is 11.9 Å². The minimum absolute atomic E-state index is 0.204. The second-order valence-corrected chi connectivity index (χ2v) is 13.7. The van der Waals surface area contributed by atoms with Crippen LogP contribution in [0.15, 0.2) is 42.7 Å². The molecule has 11 nitrogen and oxygen atoms in total. The van der Waals surface area contributed by atoms with Gasteiger partial charge in [-0.15, -0.1) is 0 Å². The Morgan fingerprint density at radius 3 is 2.35 bits per heavy atom. The normalized spacial score (nSPS) is 22.7. The lowest BCUT2D eigenvalue weighted by atomic mass is 9.88. The van der Waals surface area contributed by atoms with E-state index in [1.54, 1.807) is 11.2 Å². The molecule has 0 bridgehead atoms. The number of aromatic nitrogens is 3. The van der Waals surface area contributed by atoms with Crippen molar-refractivity contribution in [2.75, 3.05) is 78.5 Å². The van der Waals surface area contributed by atoms with Crippen molar-refractivity contribution in [2.45, 2.75) is 44.6 Å². The van der Waals surface area contributed by atoms with Crippen molar-refractivity contribution in [2.24, 2.45) is 5.92 Å². The number of nitrogens with zero attached hydrogens (tertiary/aromatic N) is 7. The summed E-state index contributed by atoms with van der Waals surface area (Å²) in [6.45, 7) is 9.09. The van der Waals surface area contributed by atoms with E-state index in [0.29, 0.717) is 19.0 Å². The van der Waals surface area contributed by atoms with Crippen LogP contribution in [0.25, 0.3) is 21.9 Å². The van der Waals surface area contributed by atoms with E-state index in [4.69, 9.17) is 4.98 Å². The Bertz CT molecular complexity index is 1800. The lowest BCUT2D eigenvalue weighted by Gasteiger charge is -2.42. The lowest BCUT2D eigenvalue weighted by Crippen LogP contribution is -2.49. The maximum absolute atomic E-state index is 12.2. The Kier molecular flexibility index (Phi) is 6.76. The van der Waals surface area contributed by atoms with Crippen molar-refractivity contribution in [3.05, 3.63) is 48.3 Å². The number of piperazine rings is 1. The summed E-state index contributed by atoms with van der Waals surface area (Å²) in [5.74, 6) is 1.63. The minimum atomic E-state index is -0.333. The van der Waals surface area contributed by atoms with Crippen LogP contribution < -0.4 is 24.9 Å². The summed E-state index contributed by atoms with van der Waals surface area (Å²) in [5.41, 5.74) is 6.99.